The van der Waals surface area contributed by atoms with E-state index in [-0.39, 0.29) is 5.91 Å². The van der Waals surface area contributed by atoms with E-state index in [1.807, 2.05) is 11.8 Å². The van der Waals surface area contributed by atoms with Gasteiger partial charge in [-0.2, -0.15) is 11.8 Å². The number of rotatable bonds is 8. The van der Waals surface area contributed by atoms with Crippen LogP contribution in [-0.4, -0.2) is 41.7 Å². The Morgan fingerprint density at radius 2 is 2.11 bits per heavy atom. The van der Waals surface area contributed by atoms with E-state index in [0.29, 0.717) is 11.5 Å². The van der Waals surface area contributed by atoms with Crippen LogP contribution in [0, 0.1) is 0 Å². The lowest BCUT2D eigenvalue weighted by molar-refractivity contribution is 0.0957. The maximum absolute atomic E-state index is 11.2. The Bertz CT molecular complexity index is 356. The van der Waals surface area contributed by atoms with Crippen molar-refractivity contribution in [2.24, 2.45) is 0 Å². The minimum Gasteiger partial charge on any atom is -0.369 e. The Hall–Kier alpha value is -1.30. The molecule has 0 unspecified atom stereocenters. The van der Waals surface area contributed by atoms with Gasteiger partial charge in [0, 0.05) is 13.6 Å². The highest BCUT2D eigenvalue weighted by molar-refractivity contribution is 7.98. The van der Waals surface area contributed by atoms with Gasteiger partial charge >= 0.3 is 0 Å². The van der Waals surface area contributed by atoms with Crippen LogP contribution in [0.15, 0.2) is 12.1 Å². The molecular formula is C12H20N4OS. The molecule has 0 bridgehead atoms. The number of unbranched alkanes of at least 4 members (excludes halogenated alkanes) is 2. The molecule has 0 aromatic carbocycles. The van der Waals surface area contributed by atoms with Crippen LogP contribution in [0.2, 0.25) is 0 Å². The van der Waals surface area contributed by atoms with Crippen LogP contribution in [0.3, 0.4) is 0 Å². The highest BCUT2D eigenvalue weighted by Gasteiger charge is 2.04. The Morgan fingerprint density at radius 3 is 2.72 bits per heavy atom. The summed E-state index contributed by atoms with van der Waals surface area (Å²) in [5, 5.41) is 13.5. The summed E-state index contributed by atoms with van der Waals surface area (Å²) < 4.78 is 0. The largest absolute Gasteiger partial charge is 0.369 e. The zero-order valence-electron chi connectivity index (χ0n) is 10.9. The number of hydrogen-bond donors (Lipinski definition) is 2. The smallest absolute Gasteiger partial charge is 0.271 e. The first-order valence-corrected chi connectivity index (χ1v) is 7.46. The number of aromatic nitrogens is 2. The van der Waals surface area contributed by atoms with Crippen LogP contribution in [0.5, 0.6) is 0 Å². The fourth-order valence-electron chi connectivity index (χ4n) is 1.44. The first kappa shape index (κ1) is 14.8. The van der Waals surface area contributed by atoms with Gasteiger partial charge in [0.05, 0.1) is 0 Å². The maximum atomic E-state index is 11.2. The summed E-state index contributed by atoms with van der Waals surface area (Å²) in [6.45, 7) is 0.891. The SMILES string of the molecule is CNC(=O)c1ccc(NCCCCCSC)nn1. The van der Waals surface area contributed by atoms with Crippen LogP contribution in [-0.2, 0) is 0 Å². The number of carbonyl (C=O) groups is 1. The lowest BCUT2D eigenvalue weighted by Crippen LogP contribution is -2.19. The van der Waals surface area contributed by atoms with Crippen molar-refractivity contribution < 1.29 is 4.79 Å². The number of thioether (sulfide) groups is 1. The van der Waals surface area contributed by atoms with Crippen LogP contribution >= 0.6 is 11.8 Å². The number of anilines is 1. The molecule has 6 heteroatoms. The van der Waals surface area contributed by atoms with E-state index in [0.717, 1.165) is 13.0 Å². The number of carbonyl (C=O) groups excluding carboxylic acids is 1. The molecule has 0 radical (unpaired) electrons. The maximum Gasteiger partial charge on any atom is 0.271 e. The van der Waals surface area contributed by atoms with Gasteiger partial charge in [0.15, 0.2) is 5.69 Å². The monoisotopic (exact) mass is 268 g/mol. The van der Waals surface area contributed by atoms with Gasteiger partial charge in [-0.15, -0.1) is 10.2 Å². The molecule has 1 aromatic heterocycles. The van der Waals surface area contributed by atoms with E-state index in [9.17, 15) is 4.79 Å². The first-order chi connectivity index (χ1) is 8.77. The predicted octanol–water partition coefficient (Wildman–Crippen LogP) is 1.78. The van der Waals surface area contributed by atoms with Crippen molar-refractivity contribution >= 4 is 23.5 Å². The molecule has 0 fully saturated rings. The summed E-state index contributed by atoms with van der Waals surface area (Å²) in [5.41, 5.74) is 0.336. The summed E-state index contributed by atoms with van der Waals surface area (Å²) in [4.78, 5) is 11.2. The molecule has 18 heavy (non-hydrogen) atoms. The van der Waals surface area contributed by atoms with Crippen LogP contribution in [0.4, 0.5) is 5.82 Å². The first-order valence-electron chi connectivity index (χ1n) is 6.06. The molecule has 100 valence electrons. The molecule has 0 saturated heterocycles. The highest BCUT2D eigenvalue weighted by atomic mass is 32.2. The lowest BCUT2D eigenvalue weighted by Gasteiger charge is -2.05. The summed E-state index contributed by atoms with van der Waals surface area (Å²) in [6.07, 6.45) is 5.73. The molecule has 0 saturated carbocycles. The molecular weight excluding hydrogens is 248 g/mol. The van der Waals surface area contributed by atoms with E-state index in [4.69, 9.17) is 0 Å². The van der Waals surface area contributed by atoms with Crippen LogP contribution in [0.25, 0.3) is 0 Å². The van der Waals surface area contributed by atoms with Crippen molar-refractivity contribution in [1.29, 1.82) is 0 Å². The Morgan fingerprint density at radius 1 is 1.28 bits per heavy atom. The van der Waals surface area contributed by atoms with Gasteiger partial charge < -0.3 is 10.6 Å². The number of amides is 1. The second kappa shape index (κ2) is 8.74. The van der Waals surface area contributed by atoms with E-state index in [1.165, 1.54) is 18.6 Å². The van der Waals surface area contributed by atoms with Crippen molar-refractivity contribution in [3.05, 3.63) is 17.8 Å². The van der Waals surface area contributed by atoms with Crippen LogP contribution in [0.1, 0.15) is 29.8 Å². The van der Waals surface area contributed by atoms with Crippen molar-refractivity contribution in [3.8, 4) is 0 Å². The Balaban J connectivity index is 2.25. The Labute approximate surface area is 112 Å². The van der Waals surface area contributed by atoms with Crippen LogP contribution < -0.4 is 10.6 Å². The zero-order valence-corrected chi connectivity index (χ0v) is 11.7. The van der Waals surface area contributed by atoms with Crippen molar-refractivity contribution in [2.75, 3.05) is 30.9 Å². The van der Waals surface area contributed by atoms with Crippen molar-refractivity contribution in [3.63, 3.8) is 0 Å². The third-order valence-electron chi connectivity index (χ3n) is 2.46. The second-order valence-corrected chi connectivity index (χ2v) is 4.85. The minimum absolute atomic E-state index is 0.217. The van der Waals surface area contributed by atoms with E-state index in [1.54, 1.807) is 19.2 Å². The number of hydrogen-bond acceptors (Lipinski definition) is 5. The quantitative estimate of drug-likeness (QED) is 0.704. The summed E-state index contributed by atoms with van der Waals surface area (Å²) >= 11 is 1.88. The molecule has 1 heterocycles. The molecule has 0 aliphatic carbocycles. The summed E-state index contributed by atoms with van der Waals surface area (Å²) in [7, 11) is 1.57. The molecule has 1 amide bonds. The number of nitrogens with zero attached hydrogens (tertiary/aromatic N) is 2. The predicted molar refractivity (Wildman–Crippen MR) is 76.1 cm³/mol. The molecule has 0 atom stereocenters. The topological polar surface area (TPSA) is 66.9 Å². The Kier molecular flexibility index (Phi) is 7.17. The third-order valence-corrected chi connectivity index (χ3v) is 3.15. The van der Waals surface area contributed by atoms with Gasteiger partial charge in [0.25, 0.3) is 5.91 Å². The van der Waals surface area contributed by atoms with Gasteiger partial charge in [0.2, 0.25) is 0 Å². The average Bonchev–Trinajstić information content (AvgIpc) is 2.42. The van der Waals surface area contributed by atoms with Gasteiger partial charge in [-0.25, -0.2) is 0 Å². The van der Waals surface area contributed by atoms with Gasteiger partial charge in [0.1, 0.15) is 5.82 Å². The lowest BCUT2D eigenvalue weighted by atomic mass is 10.2. The standard InChI is InChI=1S/C12H20N4OS/c1-13-12(17)10-6-7-11(16-15-10)14-8-4-3-5-9-18-2/h6-7H,3-5,8-9H2,1-2H3,(H,13,17)(H,14,16). The fourth-order valence-corrected chi connectivity index (χ4v) is 1.93. The highest BCUT2D eigenvalue weighted by Crippen LogP contribution is 2.05. The molecule has 0 aliphatic rings. The van der Waals surface area contributed by atoms with Crippen molar-refractivity contribution in [2.45, 2.75) is 19.3 Å². The third kappa shape index (κ3) is 5.35. The second-order valence-electron chi connectivity index (χ2n) is 3.86. The van der Waals surface area contributed by atoms with Gasteiger partial charge in [-0.05, 0) is 37.0 Å². The zero-order chi connectivity index (χ0) is 13.2. The molecule has 5 nitrogen and oxygen atoms in total. The molecule has 1 aromatic rings. The average molecular weight is 268 g/mol. The molecule has 1 rings (SSSR count). The fraction of sp³-hybridized carbons (Fsp3) is 0.583. The van der Waals surface area contributed by atoms with E-state index in [2.05, 4.69) is 27.1 Å². The van der Waals surface area contributed by atoms with E-state index >= 15 is 0 Å². The van der Waals surface area contributed by atoms with E-state index < -0.39 is 0 Å². The number of nitrogens with one attached hydrogen (secondary N) is 2. The molecule has 2 N–H and O–H groups in total. The van der Waals surface area contributed by atoms with Gasteiger partial charge in [-0.3, -0.25) is 4.79 Å². The summed E-state index contributed by atoms with van der Waals surface area (Å²) in [5.74, 6) is 1.72. The van der Waals surface area contributed by atoms with Crippen molar-refractivity contribution in [1.82, 2.24) is 15.5 Å². The minimum atomic E-state index is -0.217. The normalized spacial score (nSPS) is 10.1. The molecule has 0 spiro atoms. The summed E-state index contributed by atoms with van der Waals surface area (Å²) in [6, 6.07) is 3.45. The van der Waals surface area contributed by atoms with Gasteiger partial charge in [-0.1, -0.05) is 6.42 Å². The molecule has 0 aliphatic heterocycles.